The minimum Gasteiger partial charge on any atom is -0.457 e. The quantitative estimate of drug-likeness (QED) is 0.481. The molecule has 0 heterocycles. The average Bonchev–Trinajstić information content (AvgIpc) is 2.42. The van der Waals surface area contributed by atoms with E-state index in [9.17, 15) is 27.2 Å². The van der Waals surface area contributed by atoms with Crippen molar-refractivity contribution in [2.24, 2.45) is 5.41 Å². The lowest BCUT2D eigenvalue weighted by molar-refractivity contribution is -0.185. The van der Waals surface area contributed by atoms with Crippen LogP contribution in [0.2, 0.25) is 0 Å². The zero-order valence-electron chi connectivity index (χ0n) is 12.0. The van der Waals surface area contributed by atoms with Crippen LogP contribution in [0.15, 0.2) is 0 Å². The zero-order chi connectivity index (χ0) is 16.7. The summed E-state index contributed by atoms with van der Waals surface area (Å²) in [5.41, 5.74) is -0.998. The van der Waals surface area contributed by atoms with E-state index in [2.05, 4.69) is 9.47 Å². The van der Waals surface area contributed by atoms with Crippen LogP contribution in [0, 0.1) is 5.41 Å². The second-order valence-electron chi connectivity index (χ2n) is 4.65. The summed E-state index contributed by atoms with van der Waals surface area (Å²) >= 11 is 0. The number of ether oxygens (including phenoxy) is 3. The van der Waals surface area contributed by atoms with Gasteiger partial charge in [0.1, 0.15) is 0 Å². The smallest absolute Gasteiger partial charge is 0.344 e. The zero-order valence-corrected chi connectivity index (χ0v) is 12.0. The molecule has 0 aliphatic rings. The van der Waals surface area contributed by atoms with Gasteiger partial charge in [-0.25, -0.2) is 13.6 Å². The fourth-order valence-electron chi connectivity index (χ4n) is 1.20. The lowest BCUT2D eigenvalue weighted by atomic mass is 9.89. The Morgan fingerprint density at radius 3 is 2.14 bits per heavy atom. The van der Waals surface area contributed by atoms with Gasteiger partial charge in [0.25, 0.3) is 0 Å². The number of hydrogen-bond donors (Lipinski definition) is 0. The van der Waals surface area contributed by atoms with Crippen LogP contribution < -0.4 is 0 Å². The average molecular weight is 318 g/mol. The molecule has 0 radical (unpaired) electrons. The highest BCUT2D eigenvalue weighted by atomic mass is 19.3. The second-order valence-corrected chi connectivity index (χ2v) is 4.65. The predicted octanol–water partition coefficient (Wildman–Crippen LogP) is 2.04. The highest BCUT2D eigenvalue weighted by molar-refractivity contribution is 5.80. The van der Waals surface area contributed by atoms with Gasteiger partial charge in [0.15, 0.2) is 13.2 Å². The van der Waals surface area contributed by atoms with Gasteiger partial charge in [-0.3, -0.25) is 4.79 Å². The molecule has 0 aromatic carbocycles. The molecule has 0 saturated carbocycles. The Morgan fingerprint density at radius 1 is 1.14 bits per heavy atom. The molecule has 0 aromatic rings. The van der Waals surface area contributed by atoms with E-state index in [0.29, 0.717) is 6.42 Å². The molecule has 0 aliphatic carbocycles. The Bertz CT molecular complexity index is 362. The molecular weight excluding hydrogens is 300 g/mol. The number of alkyl halides is 4. The maximum atomic E-state index is 12.5. The Morgan fingerprint density at radius 2 is 1.71 bits per heavy atom. The summed E-state index contributed by atoms with van der Waals surface area (Å²) in [6.07, 6.45) is -3.59. The SMILES string of the molecule is CCC(C)(COC)C(=O)OCC(=O)OCC(F)(F)C(F)F. The van der Waals surface area contributed by atoms with Crippen molar-refractivity contribution in [2.45, 2.75) is 32.6 Å². The fraction of sp³-hybridized carbons (Fsp3) is 0.833. The van der Waals surface area contributed by atoms with Gasteiger partial charge in [-0.1, -0.05) is 6.92 Å². The first-order valence-corrected chi connectivity index (χ1v) is 6.07. The molecule has 0 bridgehead atoms. The summed E-state index contributed by atoms with van der Waals surface area (Å²) in [5, 5.41) is 0. The monoisotopic (exact) mass is 318 g/mol. The molecule has 0 saturated heterocycles. The summed E-state index contributed by atoms with van der Waals surface area (Å²) in [4.78, 5) is 22.8. The Labute approximate surface area is 119 Å². The van der Waals surface area contributed by atoms with Crippen molar-refractivity contribution < 1.29 is 41.4 Å². The van der Waals surface area contributed by atoms with Gasteiger partial charge in [-0.15, -0.1) is 0 Å². The first-order valence-electron chi connectivity index (χ1n) is 6.07. The third-order valence-corrected chi connectivity index (χ3v) is 2.80. The van der Waals surface area contributed by atoms with Crippen LogP contribution >= 0.6 is 0 Å². The van der Waals surface area contributed by atoms with Crippen molar-refractivity contribution in [3.8, 4) is 0 Å². The molecule has 0 aromatic heterocycles. The minimum atomic E-state index is -4.44. The van der Waals surface area contributed by atoms with Crippen molar-refractivity contribution >= 4 is 11.9 Å². The van der Waals surface area contributed by atoms with Gasteiger partial charge >= 0.3 is 24.3 Å². The van der Waals surface area contributed by atoms with Crippen molar-refractivity contribution in [2.75, 3.05) is 26.9 Å². The van der Waals surface area contributed by atoms with E-state index in [1.54, 1.807) is 6.92 Å². The van der Waals surface area contributed by atoms with Crippen LogP contribution in [0.3, 0.4) is 0 Å². The van der Waals surface area contributed by atoms with Gasteiger partial charge in [0.05, 0.1) is 12.0 Å². The Hall–Kier alpha value is -1.38. The highest BCUT2D eigenvalue weighted by Gasteiger charge is 2.42. The van der Waals surface area contributed by atoms with Crippen molar-refractivity contribution in [3.05, 3.63) is 0 Å². The molecule has 0 aliphatic heterocycles. The van der Waals surface area contributed by atoms with E-state index < -0.39 is 42.9 Å². The van der Waals surface area contributed by atoms with Crippen LogP contribution in [0.4, 0.5) is 17.6 Å². The normalized spacial score (nSPS) is 14.7. The summed E-state index contributed by atoms with van der Waals surface area (Å²) in [6, 6.07) is 0. The van der Waals surface area contributed by atoms with E-state index in [-0.39, 0.29) is 6.61 Å². The largest absolute Gasteiger partial charge is 0.457 e. The van der Waals surface area contributed by atoms with Crippen molar-refractivity contribution in [1.82, 2.24) is 0 Å². The number of rotatable bonds is 9. The Balaban J connectivity index is 4.28. The molecule has 21 heavy (non-hydrogen) atoms. The van der Waals surface area contributed by atoms with Crippen molar-refractivity contribution in [3.63, 3.8) is 0 Å². The standard InChI is InChI=1S/C12H18F4O5/c1-4-11(2,6-19-3)10(18)20-5-8(17)21-7-12(15,16)9(13)14/h9H,4-7H2,1-3H3. The number of hydrogen-bond acceptors (Lipinski definition) is 5. The maximum Gasteiger partial charge on any atom is 0.344 e. The van der Waals surface area contributed by atoms with Crippen molar-refractivity contribution in [1.29, 1.82) is 0 Å². The van der Waals surface area contributed by atoms with Crippen LogP contribution in [0.1, 0.15) is 20.3 Å². The lowest BCUT2D eigenvalue weighted by Crippen LogP contribution is -2.36. The van der Waals surface area contributed by atoms with E-state index in [0.717, 1.165) is 0 Å². The summed E-state index contributed by atoms with van der Waals surface area (Å²) in [7, 11) is 1.38. The van der Waals surface area contributed by atoms with Crippen LogP contribution in [0.25, 0.3) is 0 Å². The molecule has 0 fully saturated rings. The summed E-state index contributed by atoms with van der Waals surface area (Å²) in [6.45, 7) is 0.569. The topological polar surface area (TPSA) is 61.8 Å². The van der Waals surface area contributed by atoms with Gasteiger partial charge in [0.2, 0.25) is 0 Å². The number of carbonyl (C=O) groups is 2. The third-order valence-electron chi connectivity index (χ3n) is 2.80. The van der Waals surface area contributed by atoms with Gasteiger partial charge in [-0.2, -0.15) is 8.78 Å². The molecule has 0 rings (SSSR count). The van der Waals surface area contributed by atoms with Crippen LogP contribution in [-0.4, -0.2) is 51.2 Å². The molecule has 124 valence electrons. The highest BCUT2D eigenvalue weighted by Crippen LogP contribution is 2.24. The number of esters is 2. The molecule has 0 spiro atoms. The first kappa shape index (κ1) is 19.6. The molecule has 5 nitrogen and oxygen atoms in total. The lowest BCUT2D eigenvalue weighted by Gasteiger charge is -2.24. The van der Waals surface area contributed by atoms with E-state index >= 15 is 0 Å². The molecule has 9 heteroatoms. The second kappa shape index (κ2) is 8.16. The minimum absolute atomic E-state index is 0.0425. The van der Waals surface area contributed by atoms with Gasteiger partial charge in [0, 0.05) is 7.11 Å². The number of halogens is 4. The number of carbonyl (C=O) groups excluding carboxylic acids is 2. The van der Waals surface area contributed by atoms with E-state index in [4.69, 9.17) is 4.74 Å². The van der Waals surface area contributed by atoms with Crippen LogP contribution in [0.5, 0.6) is 0 Å². The molecule has 0 N–H and O–H groups in total. The molecule has 1 unspecified atom stereocenters. The van der Waals surface area contributed by atoms with Gasteiger partial charge < -0.3 is 14.2 Å². The molecule has 1 atom stereocenters. The third kappa shape index (κ3) is 6.28. The predicted molar refractivity (Wildman–Crippen MR) is 63.1 cm³/mol. The molecular formula is C12H18F4O5. The first-order chi connectivity index (χ1) is 9.59. The summed E-state index contributed by atoms with van der Waals surface area (Å²) in [5.74, 6) is -6.54. The molecule has 0 amide bonds. The number of methoxy groups -OCH3 is 1. The van der Waals surface area contributed by atoms with E-state index in [1.807, 2.05) is 0 Å². The Kier molecular flexibility index (Phi) is 7.62. The maximum absolute atomic E-state index is 12.5. The summed E-state index contributed by atoms with van der Waals surface area (Å²) < 4.78 is 62.0. The van der Waals surface area contributed by atoms with E-state index in [1.165, 1.54) is 14.0 Å². The van der Waals surface area contributed by atoms with Crippen LogP contribution in [-0.2, 0) is 23.8 Å². The van der Waals surface area contributed by atoms with Gasteiger partial charge in [-0.05, 0) is 13.3 Å². The fourth-order valence-corrected chi connectivity index (χ4v) is 1.20.